The number of fused-ring (bicyclic) bond motifs is 1. The summed E-state index contributed by atoms with van der Waals surface area (Å²) < 4.78 is 10.5. The maximum Gasteiger partial charge on any atom is 0.336 e. The molecule has 1 aliphatic rings. The van der Waals surface area contributed by atoms with Crippen LogP contribution in [0.5, 0.6) is 5.75 Å². The van der Waals surface area contributed by atoms with Gasteiger partial charge >= 0.3 is 5.63 Å². The Bertz CT molecular complexity index is 684. The number of methoxy groups -OCH3 is 1. The van der Waals surface area contributed by atoms with Crippen LogP contribution in [0.25, 0.3) is 11.0 Å². The van der Waals surface area contributed by atoms with Crippen molar-refractivity contribution in [2.24, 2.45) is 5.92 Å². The average Bonchev–Trinajstić information content (AvgIpc) is 2.48. The van der Waals surface area contributed by atoms with E-state index in [0.29, 0.717) is 11.3 Å². The summed E-state index contributed by atoms with van der Waals surface area (Å²) in [7, 11) is 1.61. The predicted octanol–water partition coefficient (Wildman–Crippen LogP) is 1.62. The van der Waals surface area contributed by atoms with Gasteiger partial charge in [0, 0.05) is 23.1 Å². The lowest BCUT2D eigenvalue weighted by Crippen LogP contribution is -3.11. The number of hydrogen-bond acceptors (Lipinski definition) is 3. The third-order valence-electron chi connectivity index (χ3n) is 4.46. The van der Waals surface area contributed by atoms with Crippen molar-refractivity contribution in [3.63, 3.8) is 0 Å². The number of ether oxygens (including phenoxy) is 1. The van der Waals surface area contributed by atoms with E-state index in [1.54, 1.807) is 24.1 Å². The average molecular weight is 288 g/mol. The topological polar surface area (TPSA) is 43.9 Å². The summed E-state index contributed by atoms with van der Waals surface area (Å²) in [6.45, 7) is 5.56. The predicted molar refractivity (Wildman–Crippen MR) is 81.8 cm³/mol. The molecule has 4 nitrogen and oxygen atoms in total. The van der Waals surface area contributed by atoms with Crippen molar-refractivity contribution in [3.8, 4) is 5.75 Å². The molecule has 112 valence electrons. The normalized spacial score (nSPS) is 22.4. The molecule has 0 amide bonds. The molecule has 1 aromatic carbocycles. The minimum Gasteiger partial charge on any atom is -0.497 e. The SMILES string of the molecule is COc1ccc2c(C[NH+]3CCC(C)CC3)cc(=O)oc2c1. The number of hydrogen-bond donors (Lipinski definition) is 1. The zero-order valence-corrected chi connectivity index (χ0v) is 12.6. The molecule has 0 spiro atoms. The standard InChI is InChI=1S/C17H21NO3/c1-12-5-7-18(8-6-12)11-13-9-17(19)21-16-10-14(20-2)3-4-15(13)16/h3-4,9-10,12H,5-8,11H2,1-2H3/p+1. The molecule has 1 aromatic heterocycles. The fraction of sp³-hybridized carbons (Fsp3) is 0.471. The highest BCUT2D eigenvalue weighted by atomic mass is 16.5. The zero-order valence-electron chi connectivity index (χ0n) is 12.6. The van der Waals surface area contributed by atoms with E-state index in [4.69, 9.17) is 9.15 Å². The van der Waals surface area contributed by atoms with Gasteiger partial charge in [-0.15, -0.1) is 0 Å². The van der Waals surface area contributed by atoms with E-state index in [9.17, 15) is 4.79 Å². The van der Waals surface area contributed by atoms with Gasteiger partial charge in [0.15, 0.2) is 0 Å². The molecule has 1 fully saturated rings. The second kappa shape index (κ2) is 5.90. The third kappa shape index (κ3) is 3.10. The van der Waals surface area contributed by atoms with Crippen LogP contribution in [0.2, 0.25) is 0 Å². The van der Waals surface area contributed by atoms with Crippen molar-refractivity contribution in [2.75, 3.05) is 20.2 Å². The number of benzene rings is 1. The van der Waals surface area contributed by atoms with Crippen LogP contribution in [0.4, 0.5) is 0 Å². The maximum absolute atomic E-state index is 11.8. The van der Waals surface area contributed by atoms with Crippen molar-refractivity contribution < 1.29 is 14.1 Å². The molecular formula is C17H22NO3+. The van der Waals surface area contributed by atoms with Crippen LogP contribution in [0, 0.1) is 5.92 Å². The van der Waals surface area contributed by atoms with Gasteiger partial charge in [-0.2, -0.15) is 0 Å². The molecule has 2 aromatic rings. The first-order valence-corrected chi connectivity index (χ1v) is 7.60. The van der Waals surface area contributed by atoms with Gasteiger partial charge in [-0.1, -0.05) is 6.92 Å². The minimum atomic E-state index is -0.282. The number of likely N-dealkylation sites (tertiary alicyclic amines) is 1. The van der Waals surface area contributed by atoms with Gasteiger partial charge in [0.05, 0.1) is 20.2 Å². The van der Waals surface area contributed by atoms with Gasteiger partial charge in [0.2, 0.25) is 0 Å². The van der Waals surface area contributed by atoms with Crippen LogP contribution >= 0.6 is 0 Å². The molecule has 1 N–H and O–H groups in total. The van der Waals surface area contributed by atoms with E-state index in [-0.39, 0.29) is 5.63 Å². The highest BCUT2D eigenvalue weighted by molar-refractivity contribution is 5.81. The Morgan fingerprint density at radius 1 is 1.29 bits per heavy atom. The molecule has 0 aliphatic carbocycles. The van der Waals surface area contributed by atoms with Gasteiger partial charge in [0.25, 0.3) is 0 Å². The Balaban J connectivity index is 1.92. The summed E-state index contributed by atoms with van der Waals surface area (Å²) in [6.07, 6.45) is 2.53. The summed E-state index contributed by atoms with van der Waals surface area (Å²) in [5.41, 5.74) is 1.41. The second-order valence-electron chi connectivity index (χ2n) is 6.06. The van der Waals surface area contributed by atoms with Gasteiger partial charge in [-0.3, -0.25) is 0 Å². The van der Waals surface area contributed by atoms with Crippen molar-refractivity contribution in [3.05, 3.63) is 40.2 Å². The molecule has 1 saturated heterocycles. The number of nitrogens with one attached hydrogen (secondary N) is 1. The van der Waals surface area contributed by atoms with E-state index in [1.807, 2.05) is 12.1 Å². The van der Waals surface area contributed by atoms with Crippen LogP contribution in [-0.4, -0.2) is 20.2 Å². The first-order valence-electron chi connectivity index (χ1n) is 7.60. The Hall–Kier alpha value is -1.81. The van der Waals surface area contributed by atoms with E-state index in [2.05, 4.69) is 6.92 Å². The fourth-order valence-corrected chi connectivity index (χ4v) is 3.10. The van der Waals surface area contributed by atoms with Crippen molar-refractivity contribution in [1.82, 2.24) is 0 Å². The lowest BCUT2D eigenvalue weighted by Gasteiger charge is -2.27. The fourth-order valence-electron chi connectivity index (χ4n) is 3.10. The molecule has 0 radical (unpaired) electrons. The molecule has 0 bridgehead atoms. The quantitative estimate of drug-likeness (QED) is 0.873. The summed E-state index contributed by atoms with van der Waals surface area (Å²) in [4.78, 5) is 13.3. The van der Waals surface area contributed by atoms with Crippen LogP contribution < -0.4 is 15.3 Å². The van der Waals surface area contributed by atoms with Crippen molar-refractivity contribution >= 4 is 11.0 Å². The first kappa shape index (κ1) is 14.1. The van der Waals surface area contributed by atoms with Gasteiger partial charge in [0.1, 0.15) is 17.9 Å². The van der Waals surface area contributed by atoms with Crippen molar-refractivity contribution in [1.29, 1.82) is 0 Å². The van der Waals surface area contributed by atoms with Gasteiger partial charge in [-0.05, 0) is 30.9 Å². The molecule has 0 atom stereocenters. The van der Waals surface area contributed by atoms with Crippen LogP contribution in [0.3, 0.4) is 0 Å². The number of quaternary nitrogens is 1. The van der Waals surface area contributed by atoms with Crippen LogP contribution in [0.15, 0.2) is 33.5 Å². The Morgan fingerprint density at radius 2 is 2.05 bits per heavy atom. The Morgan fingerprint density at radius 3 is 2.76 bits per heavy atom. The summed E-state index contributed by atoms with van der Waals surface area (Å²) in [5, 5.41) is 1.02. The monoisotopic (exact) mass is 288 g/mol. The molecule has 4 heteroatoms. The summed E-state index contributed by atoms with van der Waals surface area (Å²) in [6, 6.07) is 7.32. The van der Waals surface area contributed by atoms with E-state index in [0.717, 1.165) is 23.4 Å². The lowest BCUT2D eigenvalue weighted by atomic mass is 9.98. The van der Waals surface area contributed by atoms with Crippen LogP contribution in [-0.2, 0) is 6.54 Å². The van der Waals surface area contributed by atoms with E-state index in [1.165, 1.54) is 25.9 Å². The second-order valence-corrected chi connectivity index (χ2v) is 6.06. The highest BCUT2D eigenvalue weighted by Gasteiger charge is 2.20. The maximum atomic E-state index is 11.8. The largest absolute Gasteiger partial charge is 0.497 e. The summed E-state index contributed by atoms with van der Waals surface area (Å²) in [5.74, 6) is 1.54. The lowest BCUT2D eigenvalue weighted by molar-refractivity contribution is -0.919. The molecule has 3 rings (SSSR count). The van der Waals surface area contributed by atoms with E-state index < -0.39 is 0 Å². The first-order chi connectivity index (χ1) is 10.2. The molecule has 0 saturated carbocycles. The zero-order chi connectivity index (χ0) is 14.8. The Labute approximate surface area is 124 Å². The van der Waals surface area contributed by atoms with Crippen LogP contribution in [0.1, 0.15) is 25.3 Å². The molecule has 21 heavy (non-hydrogen) atoms. The highest BCUT2D eigenvalue weighted by Crippen LogP contribution is 2.22. The molecule has 0 unspecified atom stereocenters. The number of rotatable bonds is 3. The van der Waals surface area contributed by atoms with E-state index >= 15 is 0 Å². The van der Waals surface area contributed by atoms with Crippen molar-refractivity contribution in [2.45, 2.75) is 26.3 Å². The van der Waals surface area contributed by atoms with Gasteiger partial charge in [-0.25, -0.2) is 4.79 Å². The third-order valence-corrected chi connectivity index (χ3v) is 4.46. The Kier molecular flexibility index (Phi) is 3.97. The smallest absolute Gasteiger partial charge is 0.336 e. The molecular weight excluding hydrogens is 266 g/mol. The van der Waals surface area contributed by atoms with Gasteiger partial charge < -0.3 is 14.1 Å². The molecule has 2 heterocycles. The minimum absolute atomic E-state index is 0.282. The summed E-state index contributed by atoms with van der Waals surface area (Å²) >= 11 is 0. The number of piperidine rings is 1. The molecule has 1 aliphatic heterocycles.